The van der Waals surface area contributed by atoms with Crippen molar-refractivity contribution in [1.82, 2.24) is 15.5 Å². The van der Waals surface area contributed by atoms with Crippen LogP contribution in [0.25, 0.3) is 11.5 Å². The van der Waals surface area contributed by atoms with Gasteiger partial charge in [0.15, 0.2) is 5.82 Å². The minimum absolute atomic E-state index is 0.0872. The topological polar surface area (TPSA) is 88.2 Å². The molecule has 0 spiro atoms. The molecule has 4 rings (SSSR count). The Hall–Kier alpha value is -2.21. The number of carbonyl (C=O) groups is 1. The summed E-state index contributed by atoms with van der Waals surface area (Å²) < 4.78 is 5.30. The summed E-state index contributed by atoms with van der Waals surface area (Å²) in [6, 6.07) is 7.23. The second kappa shape index (κ2) is 6.96. The highest BCUT2D eigenvalue weighted by atomic mass is 16.5. The smallest absolute Gasteiger partial charge is 0.257 e. The number of benzene rings is 1. The maximum Gasteiger partial charge on any atom is 0.257 e. The molecule has 2 aliphatic carbocycles. The van der Waals surface area contributed by atoms with Crippen molar-refractivity contribution in [2.45, 2.75) is 50.5 Å². The van der Waals surface area contributed by atoms with Gasteiger partial charge in [-0.3, -0.25) is 4.79 Å². The van der Waals surface area contributed by atoms with Crippen molar-refractivity contribution in [3.63, 3.8) is 0 Å². The molecule has 1 aromatic heterocycles. The van der Waals surface area contributed by atoms with E-state index < -0.39 is 0 Å². The molecule has 2 saturated carbocycles. The van der Waals surface area contributed by atoms with Crippen molar-refractivity contribution in [3.8, 4) is 11.5 Å². The Kier molecular flexibility index (Phi) is 4.53. The van der Waals surface area contributed by atoms with Crippen LogP contribution in [0.2, 0.25) is 0 Å². The Balaban J connectivity index is 1.35. The first-order valence-corrected chi connectivity index (χ1v) is 9.09. The fraction of sp³-hybridized carbons (Fsp3) is 0.526. The summed E-state index contributed by atoms with van der Waals surface area (Å²) in [5, 5.41) is 16.7. The molecule has 1 amide bonds. The molecular formula is C19H23N3O3. The van der Waals surface area contributed by atoms with Gasteiger partial charge in [-0.25, -0.2) is 0 Å². The first-order chi connectivity index (χ1) is 12.2. The Labute approximate surface area is 146 Å². The van der Waals surface area contributed by atoms with Crippen LogP contribution in [0.15, 0.2) is 28.8 Å². The second-order valence-corrected chi connectivity index (χ2v) is 7.21. The van der Waals surface area contributed by atoms with Gasteiger partial charge in [-0.15, -0.1) is 0 Å². The summed E-state index contributed by atoms with van der Waals surface area (Å²) in [4.78, 5) is 16.7. The zero-order valence-corrected chi connectivity index (χ0v) is 14.1. The molecule has 0 saturated heterocycles. The van der Waals surface area contributed by atoms with Crippen LogP contribution in [0.3, 0.4) is 0 Å². The van der Waals surface area contributed by atoms with Gasteiger partial charge in [-0.05, 0) is 62.3 Å². The monoisotopic (exact) mass is 341 g/mol. The van der Waals surface area contributed by atoms with Crippen LogP contribution >= 0.6 is 0 Å². The quantitative estimate of drug-likeness (QED) is 0.873. The average molecular weight is 341 g/mol. The number of aliphatic hydroxyl groups excluding tert-OH is 1. The molecular weight excluding hydrogens is 318 g/mol. The second-order valence-electron chi connectivity index (χ2n) is 7.21. The molecule has 2 aromatic rings. The van der Waals surface area contributed by atoms with E-state index in [1.54, 1.807) is 12.1 Å². The number of aromatic nitrogens is 2. The highest BCUT2D eigenvalue weighted by Gasteiger charge is 2.29. The lowest BCUT2D eigenvalue weighted by Crippen LogP contribution is -2.32. The standard InChI is InChI=1S/C19H23N3O3/c23-16-3-1-2-12(10-16)11-20-18(24)14-6-8-15(9-7-14)19-21-17(22-25-19)13-4-5-13/h6-9,12-13,16,23H,1-5,10-11H2,(H,20,24). The third kappa shape index (κ3) is 3.90. The Bertz CT molecular complexity index is 737. The SMILES string of the molecule is O=C(NCC1CCCC(O)C1)c1ccc(-c2nc(C3CC3)no2)cc1. The first kappa shape index (κ1) is 16.3. The number of carbonyl (C=O) groups excluding carboxylic acids is 1. The van der Waals surface area contributed by atoms with Crippen LogP contribution in [0.5, 0.6) is 0 Å². The number of hydrogen-bond donors (Lipinski definition) is 2. The van der Waals surface area contributed by atoms with E-state index in [1.165, 1.54) is 0 Å². The van der Waals surface area contributed by atoms with Gasteiger partial charge < -0.3 is 14.9 Å². The predicted molar refractivity (Wildman–Crippen MR) is 92.0 cm³/mol. The van der Waals surface area contributed by atoms with E-state index in [1.807, 2.05) is 12.1 Å². The van der Waals surface area contributed by atoms with Crippen LogP contribution in [0.4, 0.5) is 0 Å². The zero-order valence-electron chi connectivity index (χ0n) is 14.1. The highest BCUT2D eigenvalue weighted by Crippen LogP contribution is 2.38. The van der Waals surface area contributed by atoms with E-state index in [9.17, 15) is 9.90 Å². The molecule has 1 aromatic carbocycles. The Morgan fingerprint density at radius 3 is 2.72 bits per heavy atom. The predicted octanol–water partition coefficient (Wildman–Crippen LogP) is 2.89. The number of nitrogens with zero attached hydrogens (tertiary/aromatic N) is 2. The summed E-state index contributed by atoms with van der Waals surface area (Å²) in [5.74, 6) is 2.03. The molecule has 25 heavy (non-hydrogen) atoms. The molecule has 6 nitrogen and oxygen atoms in total. The largest absolute Gasteiger partial charge is 0.393 e. The molecule has 2 atom stereocenters. The van der Waals surface area contributed by atoms with Gasteiger partial charge in [0.1, 0.15) is 0 Å². The van der Waals surface area contributed by atoms with Crippen LogP contribution in [-0.4, -0.2) is 33.8 Å². The van der Waals surface area contributed by atoms with Crippen molar-refractivity contribution in [2.24, 2.45) is 5.92 Å². The van der Waals surface area contributed by atoms with Gasteiger partial charge in [-0.2, -0.15) is 4.98 Å². The van der Waals surface area contributed by atoms with Crippen molar-refractivity contribution in [2.75, 3.05) is 6.54 Å². The fourth-order valence-electron chi connectivity index (χ4n) is 3.41. The van der Waals surface area contributed by atoms with E-state index in [2.05, 4.69) is 15.5 Å². The van der Waals surface area contributed by atoms with Gasteiger partial charge in [-0.1, -0.05) is 11.6 Å². The normalized spacial score (nSPS) is 23.4. The summed E-state index contributed by atoms with van der Waals surface area (Å²) in [6.45, 7) is 0.617. The lowest BCUT2D eigenvalue weighted by Gasteiger charge is -2.25. The van der Waals surface area contributed by atoms with E-state index in [0.29, 0.717) is 29.8 Å². The Morgan fingerprint density at radius 2 is 2.00 bits per heavy atom. The van der Waals surface area contributed by atoms with Gasteiger partial charge in [0.2, 0.25) is 0 Å². The molecule has 1 heterocycles. The molecule has 6 heteroatoms. The van der Waals surface area contributed by atoms with Gasteiger partial charge in [0.25, 0.3) is 11.8 Å². The van der Waals surface area contributed by atoms with Crippen LogP contribution in [0.1, 0.15) is 60.6 Å². The van der Waals surface area contributed by atoms with E-state index in [-0.39, 0.29) is 12.0 Å². The number of rotatable bonds is 5. The van der Waals surface area contributed by atoms with Gasteiger partial charge in [0, 0.05) is 23.6 Å². The molecule has 2 N–H and O–H groups in total. The summed E-state index contributed by atoms with van der Waals surface area (Å²) in [7, 11) is 0. The van der Waals surface area contributed by atoms with Crippen molar-refractivity contribution in [1.29, 1.82) is 0 Å². The molecule has 2 unspecified atom stereocenters. The van der Waals surface area contributed by atoms with E-state index in [0.717, 1.165) is 49.9 Å². The van der Waals surface area contributed by atoms with Crippen LogP contribution in [0, 0.1) is 5.92 Å². The molecule has 0 bridgehead atoms. The lowest BCUT2D eigenvalue weighted by atomic mass is 9.87. The van der Waals surface area contributed by atoms with E-state index in [4.69, 9.17) is 4.52 Å². The minimum atomic E-state index is -0.218. The average Bonchev–Trinajstić information content (AvgIpc) is 3.37. The van der Waals surface area contributed by atoms with Crippen molar-refractivity contribution in [3.05, 3.63) is 35.7 Å². The molecule has 132 valence electrons. The number of hydrogen-bond acceptors (Lipinski definition) is 5. The molecule has 0 radical (unpaired) electrons. The summed E-state index contributed by atoms with van der Waals surface area (Å²) in [5.41, 5.74) is 1.44. The molecule has 2 fully saturated rings. The minimum Gasteiger partial charge on any atom is -0.393 e. The van der Waals surface area contributed by atoms with Crippen LogP contribution < -0.4 is 5.32 Å². The number of nitrogens with one attached hydrogen (secondary N) is 1. The molecule has 2 aliphatic rings. The Morgan fingerprint density at radius 1 is 1.20 bits per heavy atom. The first-order valence-electron chi connectivity index (χ1n) is 9.09. The van der Waals surface area contributed by atoms with E-state index >= 15 is 0 Å². The van der Waals surface area contributed by atoms with Crippen molar-refractivity contribution < 1.29 is 14.4 Å². The number of aliphatic hydroxyl groups is 1. The van der Waals surface area contributed by atoms with Crippen molar-refractivity contribution >= 4 is 5.91 Å². The zero-order chi connectivity index (χ0) is 17.2. The molecule has 0 aliphatic heterocycles. The third-order valence-electron chi connectivity index (χ3n) is 5.08. The summed E-state index contributed by atoms with van der Waals surface area (Å²) in [6.07, 6.45) is 5.81. The van der Waals surface area contributed by atoms with Gasteiger partial charge >= 0.3 is 0 Å². The number of amides is 1. The highest BCUT2D eigenvalue weighted by molar-refractivity contribution is 5.94. The fourth-order valence-corrected chi connectivity index (χ4v) is 3.41. The summed E-state index contributed by atoms with van der Waals surface area (Å²) >= 11 is 0. The lowest BCUT2D eigenvalue weighted by molar-refractivity contribution is 0.0874. The maximum absolute atomic E-state index is 12.3. The van der Waals surface area contributed by atoms with Crippen LogP contribution in [-0.2, 0) is 0 Å². The third-order valence-corrected chi connectivity index (χ3v) is 5.08. The maximum atomic E-state index is 12.3. The van der Waals surface area contributed by atoms with Gasteiger partial charge in [0.05, 0.1) is 6.10 Å².